The van der Waals surface area contributed by atoms with Gasteiger partial charge in [0.25, 0.3) is 21.5 Å². The monoisotopic (exact) mass is 428 g/mol. The summed E-state index contributed by atoms with van der Waals surface area (Å²) in [5.74, 6) is -0.0683. The first kappa shape index (κ1) is 19.9. The summed E-state index contributed by atoms with van der Waals surface area (Å²) in [6.45, 7) is 1.47. The third-order valence-electron chi connectivity index (χ3n) is 5.16. The molecule has 2 N–H and O–H groups in total. The molecular formula is C20H20N4O5S. The molecule has 0 bridgehead atoms. The van der Waals surface area contributed by atoms with Crippen LogP contribution in [0.25, 0.3) is 10.9 Å². The highest BCUT2D eigenvalue weighted by Gasteiger charge is 2.20. The van der Waals surface area contributed by atoms with E-state index < -0.39 is 21.3 Å². The number of nitrogens with one attached hydrogen (secondary N) is 2. The summed E-state index contributed by atoms with van der Waals surface area (Å²) in [5, 5.41) is 0.0894. The molecule has 2 heterocycles. The molecule has 4 rings (SSSR count). The van der Waals surface area contributed by atoms with Gasteiger partial charge in [0.2, 0.25) is 0 Å². The summed E-state index contributed by atoms with van der Waals surface area (Å²) in [6.07, 6.45) is 1.98. The van der Waals surface area contributed by atoms with Crippen molar-refractivity contribution in [1.29, 1.82) is 0 Å². The number of aromatic amines is 1. The maximum atomic E-state index is 12.8. The lowest BCUT2D eigenvalue weighted by molar-refractivity contribution is 0.0793. The molecule has 0 unspecified atom stereocenters. The van der Waals surface area contributed by atoms with Crippen LogP contribution in [0.5, 0.6) is 0 Å². The average Bonchev–Trinajstić information content (AvgIpc) is 3.26. The minimum Gasteiger partial charge on any atom is -0.339 e. The fraction of sp³-hybridized carbons (Fsp3) is 0.250. The highest BCUT2D eigenvalue weighted by molar-refractivity contribution is 7.92. The highest BCUT2D eigenvalue weighted by Crippen LogP contribution is 2.20. The highest BCUT2D eigenvalue weighted by atomic mass is 32.2. The Morgan fingerprint density at radius 2 is 1.70 bits per heavy atom. The molecule has 3 aromatic rings. The summed E-state index contributed by atoms with van der Waals surface area (Å²) >= 11 is 0. The summed E-state index contributed by atoms with van der Waals surface area (Å²) in [4.78, 5) is 40.6. The summed E-state index contributed by atoms with van der Waals surface area (Å²) in [6, 6.07) is 10.1. The summed E-state index contributed by atoms with van der Waals surface area (Å²) in [5.41, 5.74) is -0.118. The molecule has 1 saturated heterocycles. The quantitative estimate of drug-likeness (QED) is 0.648. The molecule has 1 fully saturated rings. The Kier molecular flexibility index (Phi) is 4.94. The molecule has 1 aliphatic heterocycles. The van der Waals surface area contributed by atoms with Crippen LogP contribution in [-0.2, 0) is 17.1 Å². The molecule has 156 valence electrons. The minimum atomic E-state index is -3.98. The van der Waals surface area contributed by atoms with Crippen molar-refractivity contribution in [2.24, 2.45) is 7.05 Å². The van der Waals surface area contributed by atoms with Gasteiger partial charge in [0, 0.05) is 31.4 Å². The van der Waals surface area contributed by atoms with E-state index in [0.29, 0.717) is 11.3 Å². The summed E-state index contributed by atoms with van der Waals surface area (Å²) in [7, 11) is -2.67. The van der Waals surface area contributed by atoms with Crippen molar-refractivity contribution in [2.45, 2.75) is 17.7 Å². The molecule has 0 atom stereocenters. The second-order valence-corrected chi connectivity index (χ2v) is 8.87. The molecule has 10 heteroatoms. The molecule has 0 aliphatic carbocycles. The van der Waals surface area contributed by atoms with Crippen LogP contribution in [0.4, 0.5) is 5.69 Å². The fourth-order valence-electron chi connectivity index (χ4n) is 3.45. The molecule has 30 heavy (non-hydrogen) atoms. The molecule has 0 saturated carbocycles. The Hall–Kier alpha value is -3.40. The average molecular weight is 428 g/mol. The van der Waals surface area contributed by atoms with Crippen molar-refractivity contribution in [1.82, 2.24) is 14.5 Å². The molecule has 2 aromatic carbocycles. The largest absolute Gasteiger partial charge is 0.339 e. The topological polar surface area (TPSA) is 121 Å². The van der Waals surface area contributed by atoms with Gasteiger partial charge in [0.15, 0.2) is 0 Å². The van der Waals surface area contributed by atoms with Gasteiger partial charge in [-0.3, -0.25) is 18.9 Å². The summed E-state index contributed by atoms with van der Waals surface area (Å²) < 4.78 is 28.9. The predicted octanol–water partition coefficient (Wildman–Crippen LogP) is 1.26. The zero-order valence-electron chi connectivity index (χ0n) is 16.2. The lowest BCUT2D eigenvalue weighted by atomic mass is 10.2. The maximum absolute atomic E-state index is 12.8. The Morgan fingerprint density at radius 1 is 1.03 bits per heavy atom. The Morgan fingerprint density at radius 3 is 2.37 bits per heavy atom. The van der Waals surface area contributed by atoms with Gasteiger partial charge < -0.3 is 9.88 Å². The molecule has 0 radical (unpaired) electrons. The van der Waals surface area contributed by atoms with Crippen molar-refractivity contribution in [2.75, 3.05) is 17.8 Å². The van der Waals surface area contributed by atoms with Gasteiger partial charge in [-0.2, -0.15) is 0 Å². The number of likely N-dealkylation sites (tertiary alicyclic amines) is 1. The molecule has 0 spiro atoms. The number of carbonyl (C=O) groups is 1. The van der Waals surface area contributed by atoms with Crippen LogP contribution >= 0.6 is 0 Å². The molecule has 1 aromatic heterocycles. The lowest BCUT2D eigenvalue weighted by Gasteiger charge is -2.15. The van der Waals surface area contributed by atoms with Crippen LogP contribution in [0.3, 0.4) is 0 Å². The van der Waals surface area contributed by atoms with Gasteiger partial charge in [-0.15, -0.1) is 0 Å². The number of aromatic nitrogens is 2. The molecule has 1 aliphatic rings. The van der Waals surface area contributed by atoms with E-state index in [1.54, 1.807) is 17.0 Å². The van der Waals surface area contributed by atoms with Crippen molar-refractivity contribution < 1.29 is 13.2 Å². The smallest absolute Gasteiger partial charge is 0.328 e. The Bertz CT molecular complexity index is 1350. The van der Waals surface area contributed by atoms with Crippen molar-refractivity contribution in [3.63, 3.8) is 0 Å². The number of fused-ring (bicyclic) bond motifs is 1. The van der Waals surface area contributed by atoms with E-state index in [1.807, 2.05) is 0 Å². The van der Waals surface area contributed by atoms with E-state index in [2.05, 4.69) is 9.71 Å². The van der Waals surface area contributed by atoms with Crippen molar-refractivity contribution in [3.05, 3.63) is 68.9 Å². The van der Waals surface area contributed by atoms with E-state index in [4.69, 9.17) is 0 Å². The first-order chi connectivity index (χ1) is 14.3. The first-order valence-corrected chi connectivity index (χ1v) is 10.9. The maximum Gasteiger partial charge on any atom is 0.328 e. The van der Waals surface area contributed by atoms with Gasteiger partial charge in [-0.25, -0.2) is 13.2 Å². The number of amides is 1. The Balaban J connectivity index is 1.60. The van der Waals surface area contributed by atoms with Crippen LogP contribution in [-0.4, -0.2) is 41.9 Å². The van der Waals surface area contributed by atoms with Gasteiger partial charge >= 0.3 is 5.69 Å². The standard InChI is InChI=1S/C20H20N4O5S/c1-23-19(26)16-12-15(8-9-17(16)21-20(23)27)30(28,29)22-14-6-4-13(5-7-14)18(25)24-10-2-3-11-24/h4-9,12,22H,2-3,10-11H2,1H3,(H,21,27). The van der Waals surface area contributed by atoms with Crippen molar-refractivity contribution in [3.8, 4) is 0 Å². The van der Waals surface area contributed by atoms with Crippen LogP contribution in [0, 0.1) is 0 Å². The third kappa shape index (κ3) is 3.61. The van der Waals surface area contributed by atoms with E-state index in [1.165, 1.54) is 37.4 Å². The first-order valence-electron chi connectivity index (χ1n) is 9.41. The second-order valence-electron chi connectivity index (χ2n) is 7.18. The number of rotatable bonds is 4. The minimum absolute atomic E-state index is 0.0683. The molecule has 1 amide bonds. The zero-order valence-corrected chi connectivity index (χ0v) is 17.0. The van der Waals surface area contributed by atoms with Gasteiger partial charge in [-0.05, 0) is 55.3 Å². The second kappa shape index (κ2) is 7.45. The number of carbonyl (C=O) groups excluding carboxylic acids is 1. The number of nitrogens with zero attached hydrogens (tertiary/aromatic N) is 2. The van der Waals surface area contributed by atoms with Gasteiger partial charge in [0.1, 0.15) is 0 Å². The van der Waals surface area contributed by atoms with Crippen LogP contribution in [0.1, 0.15) is 23.2 Å². The number of hydrogen-bond acceptors (Lipinski definition) is 5. The van der Waals surface area contributed by atoms with E-state index in [-0.39, 0.29) is 21.7 Å². The fourth-order valence-corrected chi connectivity index (χ4v) is 4.53. The normalized spacial score (nSPS) is 14.2. The number of H-pyrrole nitrogens is 1. The number of benzene rings is 2. The van der Waals surface area contributed by atoms with Gasteiger partial charge in [-0.1, -0.05) is 0 Å². The molecular weight excluding hydrogens is 408 g/mol. The van der Waals surface area contributed by atoms with Crippen LogP contribution < -0.4 is 16.0 Å². The lowest BCUT2D eigenvalue weighted by Crippen LogP contribution is -2.32. The van der Waals surface area contributed by atoms with E-state index in [0.717, 1.165) is 30.5 Å². The van der Waals surface area contributed by atoms with E-state index in [9.17, 15) is 22.8 Å². The molecule has 9 nitrogen and oxygen atoms in total. The number of sulfonamides is 1. The predicted molar refractivity (Wildman–Crippen MR) is 112 cm³/mol. The number of anilines is 1. The van der Waals surface area contributed by atoms with Crippen LogP contribution in [0.15, 0.2) is 56.9 Å². The van der Waals surface area contributed by atoms with Crippen LogP contribution in [0.2, 0.25) is 0 Å². The zero-order chi connectivity index (χ0) is 21.5. The number of hydrogen-bond donors (Lipinski definition) is 2. The van der Waals surface area contributed by atoms with Crippen molar-refractivity contribution >= 4 is 32.5 Å². The Labute approximate surface area is 172 Å². The van der Waals surface area contributed by atoms with Gasteiger partial charge in [0.05, 0.1) is 15.8 Å². The SMILES string of the molecule is Cn1c(=O)[nH]c2ccc(S(=O)(=O)Nc3ccc(C(=O)N4CCCC4)cc3)cc2c1=O. The van der Waals surface area contributed by atoms with E-state index >= 15 is 0 Å². The third-order valence-corrected chi connectivity index (χ3v) is 6.54.